The van der Waals surface area contributed by atoms with Crippen LogP contribution in [0.1, 0.15) is 86.0 Å². The highest BCUT2D eigenvalue weighted by Gasteiger charge is 2.50. The molecule has 29 heavy (non-hydrogen) atoms. The third kappa shape index (κ3) is 4.98. The minimum absolute atomic E-state index is 0.182. The van der Waals surface area contributed by atoms with E-state index in [2.05, 4.69) is 65.5 Å². The van der Waals surface area contributed by atoms with Crippen molar-refractivity contribution in [3.8, 4) is 0 Å². The number of allylic oxidation sites excluding steroid dienone is 6. The molecule has 0 bridgehead atoms. The molecule has 0 heterocycles. The maximum Gasteiger partial charge on any atom is 0.0583 e. The smallest absolute Gasteiger partial charge is 0.0583 e. The fraction of sp³-hybridized carbons (Fsp3) is 0.714. The maximum atomic E-state index is 10.0. The van der Waals surface area contributed by atoms with E-state index in [-0.39, 0.29) is 6.10 Å². The van der Waals surface area contributed by atoms with Gasteiger partial charge in [0.25, 0.3) is 0 Å². The molecule has 0 aromatic carbocycles. The number of aliphatic hydroxyl groups excluding tert-OH is 1. The van der Waals surface area contributed by atoms with Crippen molar-refractivity contribution in [1.29, 1.82) is 0 Å². The molecule has 3 aliphatic rings. The van der Waals surface area contributed by atoms with Crippen LogP contribution >= 0.6 is 0 Å². The van der Waals surface area contributed by atoms with E-state index in [4.69, 9.17) is 0 Å². The molecule has 1 heteroatoms. The van der Waals surface area contributed by atoms with E-state index in [1.807, 2.05) is 0 Å². The topological polar surface area (TPSA) is 20.2 Å². The summed E-state index contributed by atoms with van der Waals surface area (Å²) < 4.78 is 0. The molecule has 162 valence electrons. The van der Waals surface area contributed by atoms with Crippen LogP contribution in [-0.2, 0) is 0 Å². The number of aliphatic hydroxyl groups is 1. The Labute approximate surface area is 180 Å². The maximum absolute atomic E-state index is 10.0. The molecule has 3 fully saturated rings. The summed E-state index contributed by atoms with van der Waals surface area (Å²) in [6.45, 7) is 16.3. The van der Waals surface area contributed by atoms with E-state index >= 15 is 0 Å². The summed E-state index contributed by atoms with van der Waals surface area (Å²) in [5, 5.41) is 10.0. The van der Waals surface area contributed by atoms with Crippen LogP contribution in [0.5, 0.6) is 0 Å². The molecule has 1 N–H and O–H groups in total. The van der Waals surface area contributed by atoms with Gasteiger partial charge in [0.15, 0.2) is 0 Å². The van der Waals surface area contributed by atoms with Crippen LogP contribution in [0.2, 0.25) is 0 Å². The second-order valence-corrected chi connectivity index (χ2v) is 10.9. The molecule has 0 spiro atoms. The van der Waals surface area contributed by atoms with Crippen LogP contribution in [0.25, 0.3) is 0 Å². The second kappa shape index (κ2) is 9.38. The molecule has 3 saturated carbocycles. The van der Waals surface area contributed by atoms with E-state index in [1.165, 1.54) is 43.3 Å². The van der Waals surface area contributed by atoms with E-state index in [0.29, 0.717) is 17.3 Å². The predicted octanol–water partition coefficient (Wildman–Crippen LogP) is 7.64. The lowest BCUT2D eigenvalue weighted by molar-refractivity contribution is 0.112. The molecule has 3 aliphatic carbocycles. The van der Waals surface area contributed by atoms with Crippen molar-refractivity contribution >= 4 is 0 Å². The van der Waals surface area contributed by atoms with Crippen molar-refractivity contribution in [2.24, 2.45) is 35.0 Å². The fourth-order valence-corrected chi connectivity index (χ4v) is 6.25. The van der Waals surface area contributed by atoms with E-state index < -0.39 is 0 Å². The van der Waals surface area contributed by atoms with Crippen LogP contribution in [0.4, 0.5) is 0 Å². The molecule has 0 aromatic rings. The molecule has 3 rings (SSSR count). The van der Waals surface area contributed by atoms with Crippen LogP contribution in [0.3, 0.4) is 0 Å². The minimum Gasteiger partial charge on any atom is -0.393 e. The summed E-state index contributed by atoms with van der Waals surface area (Å²) in [6, 6.07) is 0. The molecule has 0 saturated heterocycles. The SMILES string of the molecule is C=C1CC[C@H](O)C/C1=C/C=C1/CCC[C@@]2(C)[C@@H]1CC[C@@H]2[C@@H](C)/C=C/[C@H](C)C(C)C. The summed E-state index contributed by atoms with van der Waals surface area (Å²) in [7, 11) is 0. The van der Waals surface area contributed by atoms with Gasteiger partial charge in [0.1, 0.15) is 0 Å². The Hall–Kier alpha value is -1.08. The minimum atomic E-state index is -0.182. The number of rotatable bonds is 5. The van der Waals surface area contributed by atoms with E-state index in [0.717, 1.165) is 37.0 Å². The third-order valence-corrected chi connectivity index (χ3v) is 8.63. The molecule has 1 nitrogen and oxygen atoms in total. The van der Waals surface area contributed by atoms with Gasteiger partial charge in [-0.2, -0.15) is 0 Å². The van der Waals surface area contributed by atoms with E-state index in [1.54, 1.807) is 5.57 Å². The molecule has 0 amide bonds. The fourth-order valence-electron chi connectivity index (χ4n) is 6.25. The van der Waals surface area contributed by atoms with Gasteiger partial charge in [-0.15, -0.1) is 0 Å². The first-order valence-electron chi connectivity index (χ1n) is 12.2. The molecular weight excluding hydrogens is 352 g/mol. The van der Waals surface area contributed by atoms with Gasteiger partial charge in [0.2, 0.25) is 0 Å². The first-order chi connectivity index (χ1) is 13.7. The molecule has 6 atom stereocenters. The summed E-state index contributed by atoms with van der Waals surface area (Å²) in [5.41, 5.74) is 4.61. The molecule has 0 radical (unpaired) electrons. The van der Waals surface area contributed by atoms with Crippen molar-refractivity contribution in [2.75, 3.05) is 0 Å². The lowest BCUT2D eigenvalue weighted by Gasteiger charge is -2.44. The Bertz CT molecular complexity index is 678. The Morgan fingerprint density at radius 1 is 1.03 bits per heavy atom. The average Bonchev–Trinajstić information content (AvgIpc) is 3.04. The van der Waals surface area contributed by atoms with Crippen LogP contribution < -0.4 is 0 Å². The molecule has 0 unspecified atom stereocenters. The first-order valence-corrected chi connectivity index (χ1v) is 12.2. The summed E-state index contributed by atoms with van der Waals surface area (Å²) in [4.78, 5) is 0. The monoisotopic (exact) mass is 396 g/mol. The van der Waals surface area contributed by atoms with Crippen molar-refractivity contribution in [2.45, 2.75) is 92.1 Å². The molecule has 0 aromatic heterocycles. The average molecular weight is 397 g/mol. The van der Waals surface area contributed by atoms with Gasteiger partial charge in [-0.05, 0) is 91.9 Å². The van der Waals surface area contributed by atoms with Gasteiger partial charge >= 0.3 is 0 Å². The Morgan fingerprint density at radius 2 is 1.79 bits per heavy atom. The summed E-state index contributed by atoms with van der Waals surface area (Å²) in [5.74, 6) is 3.58. The summed E-state index contributed by atoms with van der Waals surface area (Å²) >= 11 is 0. The van der Waals surface area contributed by atoms with Crippen LogP contribution in [0.15, 0.2) is 47.6 Å². The van der Waals surface area contributed by atoms with Gasteiger partial charge < -0.3 is 5.11 Å². The highest BCUT2D eigenvalue weighted by Crippen LogP contribution is 2.59. The molecular formula is C28H44O. The third-order valence-electron chi connectivity index (χ3n) is 8.63. The van der Waals surface area contributed by atoms with Crippen molar-refractivity contribution < 1.29 is 5.11 Å². The Balaban J connectivity index is 1.75. The van der Waals surface area contributed by atoms with Crippen LogP contribution in [0, 0.1) is 35.0 Å². The van der Waals surface area contributed by atoms with Gasteiger partial charge in [0.05, 0.1) is 6.10 Å². The van der Waals surface area contributed by atoms with E-state index in [9.17, 15) is 5.11 Å². The van der Waals surface area contributed by atoms with Gasteiger partial charge in [-0.1, -0.05) is 76.6 Å². The standard InChI is InChI=1S/C28H44O/c1-19(2)20(3)9-10-22(5)26-15-16-27-23(8-7-17-28(26,27)6)12-13-24-18-25(29)14-11-21(24)4/h9-10,12-13,19-20,22,25-27,29H,4,7-8,11,14-18H2,1-3,5-6H3/b10-9+,23-12-,24-13-/t20-,22-,25-,26+,27+,28+/m0/s1. The Morgan fingerprint density at radius 3 is 2.52 bits per heavy atom. The van der Waals surface area contributed by atoms with Crippen molar-refractivity contribution in [1.82, 2.24) is 0 Å². The van der Waals surface area contributed by atoms with Gasteiger partial charge in [-0.3, -0.25) is 0 Å². The predicted molar refractivity (Wildman–Crippen MR) is 126 cm³/mol. The lowest BCUT2D eigenvalue weighted by Crippen LogP contribution is -2.35. The zero-order valence-electron chi connectivity index (χ0n) is 19.6. The number of hydrogen-bond donors (Lipinski definition) is 1. The quantitative estimate of drug-likeness (QED) is 0.473. The normalized spacial score (nSPS) is 38.2. The number of fused-ring (bicyclic) bond motifs is 1. The zero-order chi connectivity index (χ0) is 21.2. The lowest BCUT2D eigenvalue weighted by atomic mass is 9.61. The highest BCUT2D eigenvalue weighted by molar-refractivity contribution is 5.36. The largest absolute Gasteiger partial charge is 0.393 e. The van der Waals surface area contributed by atoms with Crippen molar-refractivity contribution in [3.05, 3.63) is 47.6 Å². The second-order valence-electron chi connectivity index (χ2n) is 10.9. The molecule has 0 aliphatic heterocycles. The Kier molecular flexibility index (Phi) is 7.31. The van der Waals surface area contributed by atoms with Gasteiger partial charge in [-0.25, -0.2) is 0 Å². The number of hydrogen-bond acceptors (Lipinski definition) is 1. The highest BCUT2D eigenvalue weighted by atomic mass is 16.3. The zero-order valence-corrected chi connectivity index (χ0v) is 19.6. The summed E-state index contributed by atoms with van der Waals surface area (Å²) in [6.07, 6.45) is 18.8. The van der Waals surface area contributed by atoms with Crippen LogP contribution in [-0.4, -0.2) is 11.2 Å². The van der Waals surface area contributed by atoms with Crippen molar-refractivity contribution in [3.63, 3.8) is 0 Å². The first kappa shape index (κ1) is 22.6. The van der Waals surface area contributed by atoms with Gasteiger partial charge in [0, 0.05) is 0 Å².